The van der Waals surface area contributed by atoms with Crippen molar-refractivity contribution < 1.29 is 18.7 Å². The molecule has 4 heteroatoms. The van der Waals surface area contributed by atoms with Crippen molar-refractivity contribution in [1.82, 2.24) is 0 Å². The largest absolute Gasteiger partial charge is 0.469 e. The Morgan fingerprint density at radius 1 is 1.42 bits per heavy atom. The van der Waals surface area contributed by atoms with Gasteiger partial charge in [-0.3, -0.25) is 0 Å². The maximum Gasteiger partial charge on any atom is 0.174 e. The van der Waals surface area contributed by atoms with Crippen LogP contribution in [0.2, 0.25) is 0 Å². The number of hydrogen-bond donors (Lipinski definition) is 0. The lowest BCUT2D eigenvalue weighted by molar-refractivity contribution is -0.258. The fraction of sp³-hybridized carbons (Fsp3) is 0.667. The van der Waals surface area contributed by atoms with Gasteiger partial charge in [-0.2, -0.15) is 0 Å². The topological polar surface area (TPSA) is 48.7 Å². The highest BCUT2D eigenvalue weighted by Crippen LogP contribution is 2.57. The van der Waals surface area contributed by atoms with Gasteiger partial charge in [-0.05, 0) is 25.0 Å². The Bertz CT molecular complexity index is 433. The van der Waals surface area contributed by atoms with Gasteiger partial charge in [0.2, 0.25) is 0 Å². The molecule has 1 aliphatic carbocycles. The van der Waals surface area contributed by atoms with Gasteiger partial charge in [-0.1, -0.05) is 6.92 Å². The van der Waals surface area contributed by atoms with Crippen LogP contribution >= 0.6 is 0 Å². The number of hydrogen-bond acceptors (Lipinski definition) is 4. The van der Waals surface area contributed by atoms with E-state index in [1.54, 1.807) is 6.26 Å². The van der Waals surface area contributed by atoms with E-state index >= 15 is 0 Å². The molecule has 0 amide bonds. The standard InChI is InChI=1S/C15H20O4/c1-14(7-8-16)12(13-5-3-9-17-13)4-2-6-15(14)18-10-11-19-15/h3,5,8-9,12H,2,4,6-7,10-11H2,1H3/t12-,14-/m0/s1. The summed E-state index contributed by atoms with van der Waals surface area (Å²) in [5.74, 6) is 0.478. The van der Waals surface area contributed by atoms with Gasteiger partial charge in [0.15, 0.2) is 5.79 Å². The summed E-state index contributed by atoms with van der Waals surface area (Å²) in [4.78, 5) is 11.2. The molecule has 2 heterocycles. The molecule has 1 saturated carbocycles. The summed E-state index contributed by atoms with van der Waals surface area (Å²) in [6.45, 7) is 3.32. The molecule has 2 aliphatic rings. The molecule has 0 aromatic carbocycles. The molecule has 4 nitrogen and oxygen atoms in total. The molecule has 0 unspecified atom stereocenters. The second kappa shape index (κ2) is 4.76. The number of carbonyl (C=O) groups excluding carboxylic acids is 1. The number of aldehydes is 1. The predicted molar refractivity (Wildman–Crippen MR) is 68.7 cm³/mol. The van der Waals surface area contributed by atoms with Crippen LogP contribution in [-0.2, 0) is 14.3 Å². The lowest BCUT2D eigenvalue weighted by atomic mass is 9.61. The van der Waals surface area contributed by atoms with Crippen molar-refractivity contribution in [2.45, 2.75) is 44.3 Å². The Hall–Kier alpha value is -1.13. The van der Waals surface area contributed by atoms with Crippen molar-refractivity contribution in [2.75, 3.05) is 13.2 Å². The maximum atomic E-state index is 11.2. The Kier molecular flexibility index (Phi) is 3.23. The maximum absolute atomic E-state index is 11.2. The molecule has 1 spiro atoms. The monoisotopic (exact) mass is 264 g/mol. The smallest absolute Gasteiger partial charge is 0.174 e. The molecule has 0 N–H and O–H groups in total. The highest BCUT2D eigenvalue weighted by atomic mass is 16.7. The Labute approximate surface area is 113 Å². The van der Waals surface area contributed by atoms with Crippen molar-refractivity contribution in [3.05, 3.63) is 24.2 Å². The minimum atomic E-state index is -0.621. The van der Waals surface area contributed by atoms with Gasteiger partial charge in [-0.15, -0.1) is 0 Å². The van der Waals surface area contributed by atoms with Crippen molar-refractivity contribution in [3.8, 4) is 0 Å². The van der Waals surface area contributed by atoms with E-state index < -0.39 is 5.79 Å². The minimum Gasteiger partial charge on any atom is -0.469 e. The summed E-state index contributed by atoms with van der Waals surface area (Å²) < 4.78 is 17.5. The van der Waals surface area contributed by atoms with Gasteiger partial charge < -0.3 is 18.7 Å². The third-order valence-electron chi connectivity index (χ3n) is 4.79. The molecule has 0 bridgehead atoms. The summed E-state index contributed by atoms with van der Waals surface area (Å²) in [7, 11) is 0. The van der Waals surface area contributed by atoms with Gasteiger partial charge in [0.05, 0.1) is 19.5 Å². The summed E-state index contributed by atoms with van der Waals surface area (Å²) in [5.41, 5.74) is -0.360. The molecule has 1 aromatic heterocycles. The number of ether oxygens (including phenoxy) is 2. The Morgan fingerprint density at radius 3 is 2.84 bits per heavy atom. The highest BCUT2D eigenvalue weighted by Gasteiger charge is 2.59. The van der Waals surface area contributed by atoms with Crippen LogP contribution in [-0.4, -0.2) is 25.3 Å². The normalized spacial score (nSPS) is 33.6. The molecule has 1 saturated heterocycles. The van der Waals surface area contributed by atoms with Crippen molar-refractivity contribution in [2.24, 2.45) is 5.41 Å². The van der Waals surface area contributed by atoms with Gasteiger partial charge in [0.25, 0.3) is 0 Å². The average molecular weight is 264 g/mol. The zero-order chi connectivity index (χ0) is 13.3. The van der Waals surface area contributed by atoms with E-state index in [9.17, 15) is 4.79 Å². The average Bonchev–Trinajstić information content (AvgIpc) is 3.06. The summed E-state index contributed by atoms with van der Waals surface area (Å²) in [6, 6.07) is 3.88. The summed E-state index contributed by atoms with van der Waals surface area (Å²) in [6.07, 6.45) is 5.99. The van der Waals surface area contributed by atoms with E-state index in [1.165, 1.54) is 0 Å². The van der Waals surface area contributed by atoms with Crippen LogP contribution in [0.15, 0.2) is 22.8 Å². The quantitative estimate of drug-likeness (QED) is 0.788. The van der Waals surface area contributed by atoms with Crippen LogP contribution in [0.3, 0.4) is 0 Å². The van der Waals surface area contributed by atoms with Crippen LogP contribution in [0, 0.1) is 5.41 Å². The summed E-state index contributed by atoms with van der Waals surface area (Å²) >= 11 is 0. The van der Waals surface area contributed by atoms with Crippen LogP contribution in [0.5, 0.6) is 0 Å². The lowest BCUT2D eigenvalue weighted by Gasteiger charge is -2.51. The molecule has 2 atom stereocenters. The van der Waals surface area contributed by atoms with Gasteiger partial charge in [0, 0.05) is 24.2 Å². The molecule has 2 fully saturated rings. The molecule has 19 heavy (non-hydrogen) atoms. The van der Waals surface area contributed by atoms with Crippen LogP contribution in [0.1, 0.15) is 44.3 Å². The molecule has 3 rings (SSSR count). The van der Waals surface area contributed by atoms with E-state index in [0.717, 1.165) is 31.3 Å². The fourth-order valence-electron chi connectivity index (χ4n) is 3.75. The third-order valence-corrected chi connectivity index (χ3v) is 4.79. The Morgan fingerprint density at radius 2 is 2.21 bits per heavy atom. The fourth-order valence-corrected chi connectivity index (χ4v) is 3.75. The summed E-state index contributed by atoms with van der Waals surface area (Å²) in [5, 5.41) is 0. The first-order chi connectivity index (χ1) is 9.22. The van der Waals surface area contributed by atoms with Crippen LogP contribution in [0.4, 0.5) is 0 Å². The molecular formula is C15H20O4. The number of carbonyl (C=O) groups is 1. The lowest BCUT2D eigenvalue weighted by Crippen LogP contribution is -2.53. The SMILES string of the molecule is C[C@]1(CC=O)[C@H](c2ccco2)CCCC12OCCO2. The van der Waals surface area contributed by atoms with Gasteiger partial charge in [0.1, 0.15) is 12.0 Å². The zero-order valence-corrected chi connectivity index (χ0v) is 11.3. The van der Waals surface area contributed by atoms with E-state index in [2.05, 4.69) is 6.92 Å². The van der Waals surface area contributed by atoms with Crippen LogP contribution < -0.4 is 0 Å². The predicted octanol–water partition coefficient (Wildman–Crippen LogP) is 2.89. The van der Waals surface area contributed by atoms with E-state index in [4.69, 9.17) is 13.9 Å². The molecular weight excluding hydrogens is 244 g/mol. The van der Waals surface area contributed by atoms with Crippen molar-refractivity contribution >= 4 is 6.29 Å². The van der Waals surface area contributed by atoms with E-state index in [1.807, 2.05) is 12.1 Å². The third kappa shape index (κ3) is 1.85. The van der Waals surface area contributed by atoms with Crippen LogP contribution in [0.25, 0.3) is 0 Å². The highest BCUT2D eigenvalue weighted by molar-refractivity contribution is 5.52. The second-order valence-corrected chi connectivity index (χ2v) is 5.70. The van der Waals surface area contributed by atoms with Gasteiger partial charge in [-0.25, -0.2) is 0 Å². The minimum absolute atomic E-state index is 0.166. The van der Waals surface area contributed by atoms with Crippen molar-refractivity contribution in [1.29, 1.82) is 0 Å². The zero-order valence-electron chi connectivity index (χ0n) is 11.3. The number of rotatable bonds is 3. The first-order valence-electron chi connectivity index (χ1n) is 6.97. The second-order valence-electron chi connectivity index (χ2n) is 5.70. The molecule has 104 valence electrons. The first-order valence-corrected chi connectivity index (χ1v) is 6.97. The van der Waals surface area contributed by atoms with Gasteiger partial charge >= 0.3 is 0 Å². The Balaban J connectivity index is 2.01. The molecule has 0 radical (unpaired) electrons. The van der Waals surface area contributed by atoms with Crippen molar-refractivity contribution in [3.63, 3.8) is 0 Å². The molecule has 1 aliphatic heterocycles. The van der Waals surface area contributed by atoms with E-state index in [-0.39, 0.29) is 11.3 Å². The molecule has 1 aromatic rings. The van der Waals surface area contributed by atoms with E-state index in [0.29, 0.717) is 19.6 Å². The first kappa shape index (κ1) is 12.9. The number of furan rings is 1.